The van der Waals surface area contributed by atoms with Crippen LogP contribution in [0.25, 0.3) is 0 Å². The van der Waals surface area contributed by atoms with Gasteiger partial charge in [0.05, 0.1) is 30.1 Å². The summed E-state index contributed by atoms with van der Waals surface area (Å²) in [7, 11) is -0.160. The normalized spacial score (nSPS) is 11.0. The van der Waals surface area contributed by atoms with Crippen LogP contribution < -0.4 is 19.5 Å². The molecule has 1 radical (unpaired) electrons. The second kappa shape index (κ2) is 21.6. The van der Waals surface area contributed by atoms with Crippen LogP contribution in [-0.4, -0.2) is 44.2 Å². The molecule has 213 valence electrons. The fourth-order valence-electron chi connectivity index (χ4n) is 4.24. The first-order valence-corrected chi connectivity index (χ1v) is 16.0. The maximum Gasteiger partial charge on any atom is 0.187 e. The summed E-state index contributed by atoms with van der Waals surface area (Å²) in [6.45, 7) is 10.4. The zero-order chi connectivity index (χ0) is 27.6. The molecule has 1 unspecified atom stereocenters. The summed E-state index contributed by atoms with van der Waals surface area (Å²) in [5.74, 6) is 2.11. The third-order valence-electron chi connectivity index (χ3n) is 6.50. The van der Waals surface area contributed by atoms with Gasteiger partial charge < -0.3 is 14.2 Å². The molecule has 2 aromatic carbocycles. The monoisotopic (exact) mass is 569 g/mol. The summed E-state index contributed by atoms with van der Waals surface area (Å²) >= 11 is 6.45. The van der Waals surface area contributed by atoms with Crippen LogP contribution in [0.4, 0.5) is 0 Å². The molecule has 2 aromatic rings. The van der Waals surface area contributed by atoms with E-state index in [1.54, 1.807) is 6.07 Å². The Balaban J connectivity index is 0.00000760. The first kappa shape index (κ1) is 35.9. The zero-order valence-corrected chi connectivity index (χ0v) is 26.8. The Morgan fingerprint density at radius 2 is 1.23 bits per heavy atom. The molecule has 0 aliphatic heterocycles. The number of hydrogen-bond donors (Lipinski definition) is 0. The van der Waals surface area contributed by atoms with Gasteiger partial charge in [0.15, 0.2) is 5.52 Å². The molecule has 0 fully saturated rings. The van der Waals surface area contributed by atoms with E-state index in [1.807, 2.05) is 31.2 Å². The van der Waals surface area contributed by atoms with Crippen LogP contribution in [0, 0.1) is 6.92 Å². The van der Waals surface area contributed by atoms with Gasteiger partial charge in [0.2, 0.25) is 0 Å². The van der Waals surface area contributed by atoms with Gasteiger partial charge in [-0.15, -0.1) is 0 Å². The minimum absolute atomic E-state index is 0. The topological polar surface area (TPSA) is 44.8 Å². The molecule has 0 saturated carbocycles. The van der Waals surface area contributed by atoms with Crippen LogP contribution in [0.2, 0.25) is 5.02 Å². The predicted molar refractivity (Wildman–Crippen MR) is 170 cm³/mol. The van der Waals surface area contributed by atoms with Crippen LogP contribution in [-0.2, 0) is 0 Å². The molecule has 0 heterocycles. The Kier molecular flexibility index (Phi) is 19.8. The quantitative estimate of drug-likeness (QED) is 0.0853. The smallest absolute Gasteiger partial charge is 0.187 e. The number of ether oxygens (including phenoxy) is 3. The van der Waals surface area contributed by atoms with Crippen molar-refractivity contribution >= 4 is 49.9 Å². The molecule has 0 saturated heterocycles. The third kappa shape index (κ3) is 13.4. The van der Waals surface area contributed by atoms with Crippen molar-refractivity contribution in [2.24, 2.45) is 0 Å². The van der Waals surface area contributed by atoms with E-state index in [0.717, 1.165) is 55.1 Å². The van der Waals surface area contributed by atoms with E-state index in [-0.39, 0.29) is 33.0 Å². The van der Waals surface area contributed by atoms with Crippen molar-refractivity contribution in [2.75, 3.05) is 19.8 Å². The number of unbranched alkanes of at least 4 members (excludes halogenated alkanes) is 9. The number of hydrogen-bond acceptors (Lipinski definition) is 4. The zero-order valence-electron chi connectivity index (χ0n) is 25.0. The molecule has 0 bridgehead atoms. The summed E-state index contributed by atoms with van der Waals surface area (Å²) in [4.78, 5) is 13.5. The van der Waals surface area contributed by atoms with Crippen molar-refractivity contribution in [3.05, 3.63) is 46.5 Å². The number of benzene rings is 2. The van der Waals surface area contributed by atoms with Crippen molar-refractivity contribution in [1.29, 1.82) is 0 Å². The Morgan fingerprint density at radius 1 is 0.744 bits per heavy atom. The predicted octanol–water partition coefficient (Wildman–Crippen LogP) is 9.29. The van der Waals surface area contributed by atoms with Gasteiger partial charge in [-0.25, -0.2) is 0 Å². The van der Waals surface area contributed by atoms with Crippen molar-refractivity contribution < 1.29 is 19.0 Å². The van der Waals surface area contributed by atoms with Crippen molar-refractivity contribution in [1.82, 2.24) is 0 Å². The van der Waals surface area contributed by atoms with Gasteiger partial charge in [-0.2, -0.15) is 0 Å². The molecule has 0 amide bonds. The molecular formula is C32H48ClLiO4P. The second-order valence-electron chi connectivity index (χ2n) is 9.91. The molecule has 0 aliphatic carbocycles. The molecule has 39 heavy (non-hydrogen) atoms. The van der Waals surface area contributed by atoms with Crippen LogP contribution in [0.1, 0.15) is 114 Å². The number of aryl methyl sites for hydroxylation is 1. The molecule has 2 rings (SSSR count). The molecule has 0 aromatic heterocycles. The number of halogens is 1. The summed E-state index contributed by atoms with van der Waals surface area (Å²) < 4.78 is 18.8. The van der Waals surface area contributed by atoms with Crippen molar-refractivity contribution in [3.8, 4) is 17.2 Å². The average Bonchev–Trinajstić information content (AvgIpc) is 2.89. The Hall–Kier alpha value is -1.17. The van der Waals surface area contributed by atoms with Crippen molar-refractivity contribution in [3.63, 3.8) is 0 Å². The van der Waals surface area contributed by atoms with Crippen molar-refractivity contribution in [2.45, 2.75) is 105 Å². The van der Waals surface area contributed by atoms with Crippen LogP contribution in [0.5, 0.6) is 17.2 Å². The number of rotatable bonds is 21. The minimum Gasteiger partial charge on any atom is -0.493 e. The van der Waals surface area contributed by atoms with Crippen LogP contribution >= 0.6 is 20.2 Å². The Labute approximate surface area is 256 Å². The number of carbonyl (C=O) groups excluding carboxylic acids is 1. The van der Waals surface area contributed by atoms with Gasteiger partial charge in [-0.05, 0) is 46.4 Å². The minimum atomic E-state index is -0.160. The maximum atomic E-state index is 13.5. The second-order valence-corrected chi connectivity index (χ2v) is 11.5. The largest absolute Gasteiger partial charge is 0.493 e. The average molecular weight is 570 g/mol. The standard InChI is InChI=1S/C32H48ClO4P.Li/c1-5-8-11-14-20-35-26-23-28(36-21-15-12-9-6-2)31(29(24-26)37-22-16-13-10-7-3)38-32(34)30-25(4)18-17-19-27(30)33;/h17-19,23-24,38H,5-16,20-22H2,1-4H3;. The molecule has 4 nitrogen and oxygen atoms in total. The molecule has 0 aliphatic rings. The molecule has 0 spiro atoms. The van der Waals surface area contributed by atoms with E-state index in [1.165, 1.54) is 38.5 Å². The fraction of sp³-hybridized carbons (Fsp3) is 0.594. The number of carbonyl (C=O) groups is 1. The van der Waals surface area contributed by atoms with Gasteiger partial charge in [0, 0.05) is 36.6 Å². The fourth-order valence-corrected chi connectivity index (χ4v) is 5.84. The summed E-state index contributed by atoms with van der Waals surface area (Å²) in [5.41, 5.74) is 1.45. The van der Waals surface area contributed by atoms with Gasteiger partial charge in [0.1, 0.15) is 17.2 Å². The molecule has 0 N–H and O–H groups in total. The van der Waals surface area contributed by atoms with E-state index >= 15 is 0 Å². The molecule has 1 atom stereocenters. The molecule has 7 heteroatoms. The first-order chi connectivity index (χ1) is 18.5. The van der Waals surface area contributed by atoms with Gasteiger partial charge in [-0.3, -0.25) is 4.79 Å². The first-order valence-electron chi connectivity index (χ1n) is 14.6. The van der Waals surface area contributed by atoms with Gasteiger partial charge >= 0.3 is 0 Å². The summed E-state index contributed by atoms with van der Waals surface area (Å²) in [6, 6.07) is 9.46. The van der Waals surface area contributed by atoms with E-state index in [2.05, 4.69) is 20.8 Å². The van der Waals surface area contributed by atoms with E-state index in [4.69, 9.17) is 25.8 Å². The van der Waals surface area contributed by atoms with Crippen LogP contribution in [0.15, 0.2) is 30.3 Å². The maximum absolute atomic E-state index is 13.5. The van der Waals surface area contributed by atoms with E-state index in [9.17, 15) is 4.79 Å². The van der Waals surface area contributed by atoms with Gasteiger partial charge in [-0.1, -0.05) is 102 Å². The Morgan fingerprint density at radius 3 is 1.69 bits per heavy atom. The SMILES string of the molecule is CCCCCCOc1cc(OCCCCCC)c(PC(=O)c2c(C)cccc2Cl)c(OCCCCCC)c1.[Li]. The summed E-state index contributed by atoms with van der Waals surface area (Å²) in [5, 5.41) is 1.29. The van der Waals surface area contributed by atoms with Crippen LogP contribution in [0.3, 0.4) is 0 Å². The van der Waals surface area contributed by atoms with E-state index in [0.29, 0.717) is 41.9 Å². The van der Waals surface area contributed by atoms with Gasteiger partial charge in [0.25, 0.3) is 0 Å². The third-order valence-corrected chi connectivity index (χ3v) is 8.04. The van der Waals surface area contributed by atoms with E-state index < -0.39 is 0 Å². The summed E-state index contributed by atoms with van der Waals surface area (Å²) in [6.07, 6.45) is 13.5. The Bertz CT molecular complexity index is 914. The molecular weight excluding hydrogens is 522 g/mol.